The average molecular weight is 653 g/mol. The maximum Gasteiger partial charge on any atom is 0.243 e. The van der Waals surface area contributed by atoms with E-state index in [9.17, 15) is 18.0 Å². The van der Waals surface area contributed by atoms with Crippen LogP contribution in [0.5, 0.6) is 0 Å². The van der Waals surface area contributed by atoms with E-state index in [1.165, 1.54) is 18.0 Å². The molecule has 1 atom stereocenters. The highest BCUT2D eigenvalue weighted by Gasteiger charge is 2.35. The number of nitrogens with zero attached hydrogens (tertiary/aromatic N) is 2. The summed E-state index contributed by atoms with van der Waals surface area (Å²) in [6.07, 6.45) is 4.04. The van der Waals surface area contributed by atoms with Crippen LogP contribution in [0.25, 0.3) is 10.8 Å². The van der Waals surface area contributed by atoms with Gasteiger partial charge >= 0.3 is 0 Å². The number of halogens is 2. The molecule has 0 unspecified atom stereocenters. The number of hydrogen-bond donors (Lipinski definition) is 1. The largest absolute Gasteiger partial charge is 0.352 e. The Balaban J connectivity index is 1.48. The van der Waals surface area contributed by atoms with Crippen LogP contribution in [-0.2, 0) is 32.6 Å². The molecule has 44 heavy (non-hydrogen) atoms. The van der Waals surface area contributed by atoms with Crippen LogP contribution in [-0.4, -0.2) is 55.1 Å². The summed E-state index contributed by atoms with van der Waals surface area (Å²) in [5.41, 5.74) is 1.34. The minimum absolute atomic E-state index is 0.0255. The number of amides is 2. The van der Waals surface area contributed by atoms with E-state index in [0.29, 0.717) is 15.6 Å². The number of rotatable bonds is 11. The molecule has 1 aliphatic carbocycles. The molecule has 230 valence electrons. The average Bonchev–Trinajstić information content (AvgIpc) is 3.53. The fraction of sp³-hybridized carbons (Fsp3) is 0.294. The third-order valence-corrected chi connectivity index (χ3v) is 10.7. The van der Waals surface area contributed by atoms with Crippen LogP contribution < -0.4 is 5.32 Å². The smallest absolute Gasteiger partial charge is 0.243 e. The van der Waals surface area contributed by atoms with Gasteiger partial charge in [0.05, 0.1) is 11.4 Å². The van der Waals surface area contributed by atoms with E-state index in [1.54, 1.807) is 30.3 Å². The zero-order valence-electron chi connectivity index (χ0n) is 24.5. The van der Waals surface area contributed by atoms with Crippen LogP contribution in [0.4, 0.5) is 0 Å². The number of fused-ring (bicyclic) bond motifs is 1. The minimum atomic E-state index is -4.04. The second kappa shape index (κ2) is 14.1. The summed E-state index contributed by atoms with van der Waals surface area (Å²) >= 11 is 13.1. The van der Waals surface area contributed by atoms with Crippen molar-refractivity contribution in [1.29, 1.82) is 0 Å². The van der Waals surface area contributed by atoms with Gasteiger partial charge in [-0.15, -0.1) is 0 Å². The van der Waals surface area contributed by atoms with Crippen molar-refractivity contribution in [3.05, 3.63) is 112 Å². The third kappa shape index (κ3) is 7.44. The SMILES string of the molecule is CN(CC(=O)N(Cc1c(Cl)cccc1Cl)[C@@H](Cc1ccccc1)C(=O)NC1CCCC1)S(=O)(=O)c1ccc2ccccc2c1. The van der Waals surface area contributed by atoms with Gasteiger partial charge in [0.2, 0.25) is 21.8 Å². The van der Waals surface area contributed by atoms with Crippen molar-refractivity contribution in [1.82, 2.24) is 14.5 Å². The van der Waals surface area contributed by atoms with E-state index in [2.05, 4.69) is 5.32 Å². The van der Waals surface area contributed by atoms with Crippen LogP contribution in [0.1, 0.15) is 36.8 Å². The molecule has 0 spiro atoms. The molecular weight excluding hydrogens is 617 g/mol. The summed E-state index contributed by atoms with van der Waals surface area (Å²) in [6.45, 7) is -0.560. The first kappa shape index (κ1) is 32.0. The first-order chi connectivity index (χ1) is 21.1. The molecule has 1 N–H and O–H groups in total. The predicted octanol–water partition coefficient (Wildman–Crippen LogP) is 6.47. The van der Waals surface area contributed by atoms with Gasteiger partial charge in [-0.25, -0.2) is 8.42 Å². The Morgan fingerprint density at radius 1 is 0.864 bits per heavy atom. The Morgan fingerprint density at radius 3 is 2.18 bits per heavy atom. The van der Waals surface area contributed by atoms with Crippen molar-refractivity contribution in [2.24, 2.45) is 0 Å². The van der Waals surface area contributed by atoms with Crippen LogP contribution in [0.3, 0.4) is 0 Å². The number of hydrogen-bond acceptors (Lipinski definition) is 4. The molecule has 2 amide bonds. The molecule has 7 nitrogen and oxygen atoms in total. The van der Waals surface area contributed by atoms with E-state index < -0.39 is 28.5 Å². The molecule has 4 aromatic rings. The fourth-order valence-electron chi connectivity index (χ4n) is 5.65. The zero-order valence-corrected chi connectivity index (χ0v) is 26.8. The second-order valence-corrected chi connectivity index (χ2v) is 14.0. The zero-order chi connectivity index (χ0) is 31.3. The van der Waals surface area contributed by atoms with E-state index >= 15 is 0 Å². The third-order valence-electron chi connectivity index (χ3n) is 8.15. The fourth-order valence-corrected chi connectivity index (χ4v) is 7.32. The molecule has 0 saturated heterocycles. The van der Waals surface area contributed by atoms with Gasteiger partial charge in [0.25, 0.3) is 0 Å². The standard InChI is InChI=1S/C34H35Cl2N3O4S/c1-38(44(42,43)28-19-18-25-12-5-6-13-26(25)21-28)23-33(40)39(22-29-30(35)16-9-17-31(29)36)32(20-24-10-3-2-4-11-24)34(41)37-27-14-7-8-15-27/h2-6,9-13,16-19,21,27,32H,7-8,14-15,20,22-23H2,1H3,(H,37,41)/t32-/m0/s1. The molecule has 1 fully saturated rings. The minimum Gasteiger partial charge on any atom is -0.352 e. The second-order valence-electron chi connectivity index (χ2n) is 11.2. The first-order valence-corrected chi connectivity index (χ1v) is 16.8. The van der Waals surface area contributed by atoms with Crippen molar-refractivity contribution < 1.29 is 18.0 Å². The lowest BCUT2D eigenvalue weighted by atomic mass is 10.0. The molecule has 0 bridgehead atoms. The van der Waals surface area contributed by atoms with Crippen molar-refractivity contribution in [3.8, 4) is 0 Å². The highest BCUT2D eigenvalue weighted by Crippen LogP contribution is 2.28. The van der Waals surface area contributed by atoms with Crippen LogP contribution in [0.15, 0.2) is 95.9 Å². The summed E-state index contributed by atoms with van der Waals surface area (Å²) in [4.78, 5) is 29.6. The predicted molar refractivity (Wildman–Crippen MR) is 175 cm³/mol. The number of carbonyl (C=O) groups is 2. The van der Waals surface area contributed by atoms with Gasteiger partial charge in [-0.3, -0.25) is 9.59 Å². The molecule has 0 aromatic heterocycles. The molecular formula is C34H35Cl2N3O4S. The maximum atomic E-state index is 14.2. The highest BCUT2D eigenvalue weighted by atomic mass is 35.5. The molecule has 1 aliphatic rings. The van der Waals surface area contributed by atoms with Crippen LogP contribution >= 0.6 is 23.2 Å². The Hall–Kier alpha value is -3.43. The summed E-state index contributed by atoms with van der Waals surface area (Å²) in [5.74, 6) is -0.840. The van der Waals surface area contributed by atoms with Crippen molar-refractivity contribution in [3.63, 3.8) is 0 Å². The van der Waals surface area contributed by atoms with Gasteiger partial charge in [0.1, 0.15) is 6.04 Å². The van der Waals surface area contributed by atoms with Crippen LogP contribution in [0, 0.1) is 0 Å². The van der Waals surface area contributed by atoms with Crippen LogP contribution in [0.2, 0.25) is 10.0 Å². The summed E-state index contributed by atoms with van der Waals surface area (Å²) < 4.78 is 28.3. The van der Waals surface area contributed by atoms with Gasteiger partial charge in [0, 0.05) is 41.7 Å². The number of nitrogens with one attached hydrogen (secondary N) is 1. The Kier molecular flexibility index (Phi) is 10.3. The number of sulfonamides is 1. The highest BCUT2D eigenvalue weighted by molar-refractivity contribution is 7.89. The quantitative estimate of drug-likeness (QED) is 0.201. The molecule has 5 rings (SSSR count). The molecule has 0 heterocycles. The lowest BCUT2D eigenvalue weighted by Crippen LogP contribution is -2.54. The van der Waals surface area contributed by atoms with Gasteiger partial charge < -0.3 is 10.2 Å². The number of benzene rings is 4. The van der Waals surface area contributed by atoms with E-state index in [4.69, 9.17) is 23.2 Å². The normalized spacial score (nSPS) is 14.5. The summed E-state index contributed by atoms with van der Waals surface area (Å²) in [7, 11) is -2.67. The van der Waals surface area contributed by atoms with Crippen molar-refractivity contribution in [2.75, 3.05) is 13.6 Å². The maximum absolute atomic E-state index is 14.2. The van der Waals surface area contributed by atoms with Crippen molar-refractivity contribution in [2.45, 2.75) is 55.6 Å². The van der Waals surface area contributed by atoms with Crippen molar-refractivity contribution >= 4 is 55.8 Å². The molecule has 0 radical (unpaired) electrons. The Morgan fingerprint density at radius 2 is 1.50 bits per heavy atom. The Labute approximate surface area is 268 Å². The van der Waals surface area contributed by atoms with E-state index in [1.807, 2.05) is 54.6 Å². The van der Waals surface area contributed by atoms with E-state index in [-0.39, 0.29) is 29.8 Å². The molecule has 1 saturated carbocycles. The number of likely N-dealkylation sites (N-methyl/N-ethyl adjacent to an activating group) is 1. The summed E-state index contributed by atoms with van der Waals surface area (Å²) in [5, 5.41) is 5.52. The molecule has 0 aliphatic heterocycles. The lowest BCUT2D eigenvalue weighted by Gasteiger charge is -2.33. The first-order valence-electron chi connectivity index (χ1n) is 14.7. The van der Waals surface area contributed by atoms with E-state index in [0.717, 1.165) is 46.3 Å². The lowest BCUT2D eigenvalue weighted by molar-refractivity contribution is -0.141. The van der Waals surface area contributed by atoms with Gasteiger partial charge in [0.15, 0.2) is 0 Å². The van der Waals surface area contributed by atoms with Gasteiger partial charge in [-0.2, -0.15) is 4.31 Å². The topological polar surface area (TPSA) is 86.8 Å². The number of carbonyl (C=O) groups excluding carboxylic acids is 2. The monoisotopic (exact) mass is 651 g/mol. The van der Waals surface area contributed by atoms with Gasteiger partial charge in [-0.1, -0.05) is 103 Å². The van der Waals surface area contributed by atoms with Gasteiger partial charge in [-0.05, 0) is 53.4 Å². The molecule has 4 aromatic carbocycles. The molecule has 10 heteroatoms. The Bertz CT molecular complexity index is 1720. The summed E-state index contributed by atoms with van der Waals surface area (Å²) in [6, 6.07) is 25.9.